The predicted octanol–water partition coefficient (Wildman–Crippen LogP) is 3.02. The van der Waals surface area contributed by atoms with E-state index in [4.69, 9.17) is 0 Å². The number of ketones is 1. The number of hydrogen-bond acceptors (Lipinski definition) is 5. The molecular weight excluding hydrogens is 392 g/mol. The lowest BCUT2D eigenvalue weighted by Gasteiger charge is -2.04. The number of H-pyrrole nitrogens is 1. The Morgan fingerprint density at radius 2 is 1.84 bits per heavy atom. The Morgan fingerprint density at radius 3 is 2.65 bits per heavy atom. The van der Waals surface area contributed by atoms with Crippen molar-refractivity contribution in [2.75, 3.05) is 0 Å². The number of aryl methyl sites for hydroxylation is 2. The van der Waals surface area contributed by atoms with Crippen LogP contribution in [0.2, 0.25) is 0 Å². The normalized spacial score (nSPS) is 11.4. The van der Waals surface area contributed by atoms with Crippen molar-refractivity contribution in [2.24, 2.45) is 0 Å². The molecule has 0 atom stereocenters. The quantitative estimate of drug-likeness (QED) is 0.448. The van der Waals surface area contributed by atoms with E-state index in [0.29, 0.717) is 23.3 Å². The van der Waals surface area contributed by atoms with Gasteiger partial charge in [0.05, 0.1) is 18.4 Å². The average Bonchev–Trinajstić information content (AvgIpc) is 3.35. The monoisotopic (exact) mass is 412 g/mol. The number of aromatic nitrogens is 6. The maximum Gasteiger partial charge on any atom is 0.288 e. The van der Waals surface area contributed by atoms with Gasteiger partial charge in [-0.2, -0.15) is 5.10 Å². The second kappa shape index (κ2) is 7.32. The summed E-state index contributed by atoms with van der Waals surface area (Å²) in [6.45, 7) is 4.32. The molecule has 0 radical (unpaired) electrons. The van der Waals surface area contributed by atoms with E-state index in [1.807, 2.05) is 66.9 Å². The maximum atomic E-state index is 12.6. The molecule has 5 aromatic rings. The van der Waals surface area contributed by atoms with Crippen LogP contribution in [-0.4, -0.2) is 35.5 Å². The molecule has 2 aromatic carbocycles. The zero-order valence-corrected chi connectivity index (χ0v) is 17.2. The van der Waals surface area contributed by atoms with Gasteiger partial charge in [-0.25, -0.2) is 9.78 Å². The molecule has 5 rings (SSSR count). The first kappa shape index (κ1) is 18.9. The molecule has 1 N–H and O–H groups in total. The Bertz CT molecular complexity index is 1490. The van der Waals surface area contributed by atoms with Gasteiger partial charge in [-0.1, -0.05) is 53.2 Å². The highest BCUT2D eigenvalue weighted by atomic mass is 16.1. The van der Waals surface area contributed by atoms with Gasteiger partial charge in [-0.15, -0.1) is 5.10 Å². The highest BCUT2D eigenvalue weighted by Crippen LogP contribution is 2.28. The van der Waals surface area contributed by atoms with Crippen molar-refractivity contribution in [3.8, 4) is 0 Å². The summed E-state index contributed by atoms with van der Waals surface area (Å²) in [6.07, 6.45) is 1.74. The van der Waals surface area contributed by atoms with Gasteiger partial charge in [-0.05, 0) is 19.9 Å². The van der Waals surface area contributed by atoms with Gasteiger partial charge in [-0.3, -0.25) is 9.59 Å². The van der Waals surface area contributed by atoms with E-state index >= 15 is 0 Å². The number of aromatic amines is 1. The Balaban J connectivity index is 1.49. The molecule has 0 bridgehead atoms. The standard InChI is InChI=1S/C23H20N6O2/c1-14-7-9-16(10-8-14)20(30)13-28-11-17(25-27-28)12-29-19-6-4-3-5-18(19)21-15(2)24-26-23(31)22(21)29/h3-11H,12-13H2,1-2H3,(H,26,31). The summed E-state index contributed by atoms with van der Waals surface area (Å²) in [6, 6.07) is 15.3. The van der Waals surface area contributed by atoms with E-state index in [1.54, 1.807) is 6.20 Å². The van der Waals surface area contributed by atoms with Crippen LogP contribution in [0.25, 0.3) is 21.8 Å². The fourth-order valence-corrected chi connectivity index (χ4v) is 3.94. The molecule has 31 heavy (non-hydrogen) atoms. The summed E-state index contributed by atoms with van der Waals surface area (Å²) in [7, 11) is 0. The lowest BCUT2D eigenvalue weighted by atomic mass is 10.1. The minimum Gasteiger partial charge on any atom is -0.330 e. The van der Waals surface area contributed by atoms with Crippen LogP contribution in [0.4, 0.5) is 0 Å². The molecule has 0 aliphatic heterocycles. The van der Waals surface area contributed by atoms with Gasteiger partial charge >= 0.3 is 0 Å². The van der Waals surface area contributed by atoms with Crippen LogP contribution in [0.5, 0.6) is 0 Å². The number of para-hydroxylation sites is 1. The molecule has 0 aliphatic rings. The molecule has 0 aliphatic carbocycles. The molecule has 0 unspecified atom stereocenters. The molecule has 3 heterocycles. The van der Waals surface area contributed by atoms with E-state index in [0.717, 1.165) is 27.5 Å². The zero-order valence-electron chi connectivity index (χ0n) is 17.2. The van der Waals surface area contributed by atoms with Crippen LogP contribution in [0, 0.1) is 13.8 Å². The van der Waals surface area contributed by atoms with Crippen LogP contribution < -0.4 is 5.56 Å². The first-order chi connectivity index (χ1) is 15.0. The SMILES string of the molecule is Cc1ccc(C(=O)Cn2cc(Cn3c4ccccc4c4c(C)n[nH]c(=O)c43)nn2)cc1. The smallest absolute Gasteiger partial charge is 0.288 e. The van der Waals surface area contributed by atoms with Gasteiger partial charge in [0, 0.05) is 21.9 Å². The van der Waals surface area contributed by atoms with Crippen molar-refractivity contribution < 1.29 is 4.79 Å². The van der Waals surface area contributed by atoms with Crippen molar-refractivity contribution in [1.29, 1.82) is 0 Å². The van der Waals surface area contributed by atoms with Gasteiger partial charge in [0.1, 0.15) is 17.8 Å². The van der Waals surface area contributed by atoms with Crippen LogP contribution in [0.15, 0.2) is 59.5 Å². The highest BCUT2D eigenvalue weighted by molar-refractivity contribution is 6.08. The summed E-state index contributed by atoms with van der Waals surface area (Å²) < 4.78 is 3.46. The third-order valence-electron chi connectivity index (χ3n) is 5.46. The summed E-state index contributed by atoms with van der Waals surface area (Å²) in [4.78, 5) is 25.2. The number of carbonyl (C=O) groups is 1. The Labute approximate surface area is 177 Å². The largest absolute Gasteiger partial charge is 0.330 e. The molecule has 8 nitrogen and oxygen atoms in total. The fourth-order valence-electron chi connectivity index (χ4n) is 3.94. The molecule has 0 saturated heterocycles. The number of fused-ring (bicyclic) bond motifs is 3. The molecule has 0 spiro atoms. The second-order valence-corrected chi connectivity index (χ2v) is 7.66. The molecule has 154 valence electrons. The lowest BCUT2D eigenvalue weighted by Crippen LogP contribution is -2.14. The minimum absolute atomic E-state index is 0.0357. The van der Waals surface area contributed by atoms with Gasteiger partial charge in [0.15, 0.2) is 5.78 Å². The van der Waals surface area contributed by atoms with E-state index in [9.17, 15) is 9.59 Å². The van der Waals surface area contributed by atoms with Crippen LogP contribution >= 0.6 is 0 Å². The summed E-state index contributed by atoms with van der Waals surface area (Å²) >= 11 is 0. The van der Waals surface area contributed by atoms with E-state index in [-0.39, 0.29) is 17.9 Å². The summed E-state index contributed by atoms with van der Waals surface area (Å²) in [5.41, 5.74) is 4.39. The Hall–Kier alpha value is -4.07. The third-order valence-corrected chi connectivity index (χ3v) is 5.46. The Morgan fingerprint density at radius 1 is 1.06 bits per heavy atom. The second-order valence-electron chi connectivity index (χ2n) is 7.66. The fraction of sp³-hybridized carbons (Fsp3) is 0.174. The van der Waals surface area contributed by atoms with Crippen molar-refractivity contribution in [3.05, 3.63) is 87.6 Å². The molecule has 0 fully saturated rings. The molecular formula is C23H20N6O2. The molecule has 8 heteroatoms. The number of hydrogen-bond donors (Lipinski definition) is 1. The first-order valence-corrected chi connectivity index (χ1v) is 9.96. The van der Waals surface area contributed by atoms with Crippen LogP contribution in [0.3, 0.4) is 0 Å². The van der Waals surface area contributed by atoms with Crippen LogP contribution in [-0.2, 0) is 13.1 Å². The Kier molecular flexibility index (Phi) is 4.47. The number of Topliss-reactive ketones (excluding diaryl/α,β-unsaturated/α-hetero) is 1. The van der Waals surface area contributed by atoms with Crippen molar-refractivity contribution in [3.63, 3.8) is 0 Å². The minimum atomic E-state index is -0.251. The third kappa shape index (κ3) is 3.31. The van der Waals surface area contributed by atoms with Gasteiger partial charge < -0.3 is 4.57 Å². The molecule has 3 aromatic heterocycles. The van der Waals surface area contributed by atoms with Crippen LogP contribution in [0.1, 0.15) is 27.3 Å². The van der Waals surface area contributed by atoms with Crippen molar-refractivity contribution in [2.45, 2.75) is 26.9 Å². The highest BCUT2D eigenvalue weighted by Gasteiger charge is 2.17. The summed E-state index contributed by atoms with van der Waals surface area (Å²) in [5, 5.41) is 16.8. The van der Waals surface area contributed by atoms with Crippen molar-refractivity contribution in [1.82, 2.24) is 29.8 Å². The topological polar surface area (TPSA) is 98.5 Å². The predicted molar refractivity (Wildman–Crippen MR) is 117 cm³/mol. The number of carbonyl (C=O) groups excluding carboxylic acids is 1. The van der Waals surface area contributed by atoms with E-state index < -0.39 is 0 Å². The zero-order chi connectivity index (χ0) is 21.5. The number of nitrogens with one attached hydrogen (secondary N) is 1. The number of nitrogens with zero attached hydrogens (tertiary/aromatic N) is 5. The summed E-state index contributed by atoms with van der Waals surface area (Å²) in [5.74, 6) is -0.0357. The molecule has 0 amide bonds. The molecule has 0 saturated carbocycles. The van der Waals surface area contributed by atoms with E-state index in [1.165, 1.54) is 4.68 Å². The van der Waals surface area contributed by atoms with Crippen molar-refractivity contribution >= 4 is 27.6 Å². The number of rotatable bonds is 5. The first-order valence-electron chi connectivity index (χ1n) is 9.96. The van der Waals surface area contributed by atoms with E-state index in [2.05, 4.69) is 20.5 Å². The average molecular weight is 412 g/mol. The maximum absolute atomic E-state index is 12.6. The number of benzene rings is 2. The van der Waals surface area contributed by atoms with Gasteiger partial charge in [0.25, 0.3) is 5.56 Å². The van der Waals surface area contributed by atoms with Gasteiger partial charge in [0.2, 0.25) is 0 Å². The lowest BCUT2D eigenvalue weighted by molar-refractivity contribution is 0.0967.